The number of carbonyl (C=O) groups is 1. The third kappa shape index (κ3) is 2.11. The largest absolute Gasteiger partial charge is 0.504 e. The van der Waals surface area contributed by atoms with Gasteiger partial charge >= 0.3 is 0 Å². The minimum atomic E-state index is -0.0551. The lowest BCUT2D eigenvalue weighted by molar-refractivity contribution is 0.0978. The van der Waals surface area contributed by atoms with Crippen LogP contribution in [-0.2, 0) is 6.42 Å². The highest BCUT2D eigenvalue weighted by molar-refractivity contribution is 6.11. The van der Waals surface area contributed by atoms with Gasteiger partial charge in [-0.3, -0.25) is 4.79 Å². The Balaban J connectivity index is 1.85. The van der Waals surface area contributed by atoms with Crippen LogP contribution in [0.15, 0.2) is 36.4 Å². The van der Waals surface area contributed by atoms with E-state index < -0.39 is 0 Å². The van der Waals surface area contributed by atoms with Gasteiger partial charge in [0.2, 0.25) is 0 Å². The van der Waals surface area contributed by atoms with Gasteiger partial charge in [0.1, 0.15) is 0 Å². The molecule has 2 N–H and O–H groups in total. The zero-order valence-corrected chi connectivity index (χ0v) is 12.9. The third-order valence-electron chi connectivity index (χ3n) is 4.63. The molecule has 0 saturated heterocycles. The molecular weight excluding hydrogens is 292 g/mol. The Bertz CT molecular complexity index is 788. The first-order chi connectivity index (χ1) is 11.2. The topological polar surface area (TPSA) is 61.8 Å². The van der Waals surface area contributed by atoms with Crippen molar-refractivity contribution in [3.8, 4) is 11.5 Å². The summed E-state index contributed by atoms with van der Waals surface area (Å²) in [6.07, 6.45) is 1.75. The number of para-hydroxylation sites is 1. The molecule has 0 fully saturated rings. The van der Waals surface area contributed by atoms with Crippen LogP contribution in [0.5, 0.6) is 11.5 Å². The summed E-state index contributed by atoms with van der Waals surface area (Å²) < 4.78 is 5.16. The fourth-order valence-corrected chi connectivity index (χ4v) is 3.52. The predicted molar refractivity (Wildman–Crippen MR) is 88.5 cm³/mol. The number of phenolic OH excluding ortho intramolecular Hbond substituents is 1. The van der Waals surface area contributed by atoms with Gasteiger partial charge < -0.3 is 20.1 Å². The van der Waals surface area contributed by atoms with E-state index in [1.165, 1.54) is 12.7 Å². The van der Waals surface area contributed by atoms with Crippen LogP contribution >= 0.6 is 0 Å². The first kappa shape index (κ1) is 13.9. The van der Waals surface area contributed by atoms with Gasteiger partial charge in [0.15, 0.2) is 11.5 Å². The zero-order valence-electron chi connectivity index (χ0n) is 12.9. The van der Waals surface area contributed by atoms with Crippen LogP contribution in [0, 0.1) is 0 Å². The molecule has 2 aromatic rings. The Labute approximate surface area is 134 Å². The summed E-state index contributed by atoms with van der Waals surface area (Å²) >= 11 is 0. The van der Waals surface area contributed by atoms with Crippen LogP contribution in [0.1, 0.15) is 22.3 Å². The number of ether oxygens (including phenoxy) is 1. The Morgan fingerprint density at radius 1 is 1.30 bits per heavy atom. The summed E-state index contributed by atoms with van der Waals surface area (Å²) in [4.78, 5) is 15.1. The van der Waals surface area contributed by atoms with Crippen molar-refractivity contribution in [2.24, 2.45) is 0 Å². The minimum Gasteiger partial charge on any atom is -0.504 e. The van der Waals surface area contributed by atoms with Crippen LogP contribution in [0.25, 0.3) is 0 Å². The van der Waals surface area contributed by atoms with Crippen molar-refractivity contribution in [1.82, 2.24) is 0 Å². The SMILES string of the molecule is COc1cc2c(cc1O)NCCC1Cc3ccccc3N1C2=O. The number of hydrogen-bond acceptors (Lipinski definition) is 4. The lowest BCUT2D eigenvalue weighted by Gasteiger charge is -2.29. The first-order valence-corrected chi connectivity index (χ1v) is 7.75. The zero-order chi connectivity index (χ0) is 16.0. The maximum atomic E-state index is 13.2. The number of carbonyl (C=O) groups excluding carboxylic acids is 1. The second-order valence-corrected chi connectivity index (χ2v) is 5.95. The second kappa shape index (κ2) is 5.19. The highest BCUT2D eigenvalue weighted by Gasteiger charge is 2.36. The average molecular weight is 310 g/mol. The number of benzene rings is 2. The van der Waals surface area contributed by atoms with E-state index in [1.807, 2.05) is 23.1 Å². The van der Waals surface area contributed by atoms with E-state index in [0.29, 0.717) is 17.0 Å². The van der Waals surface area contributed by atoms with Crippen LogP contribution < -0.4 is 15.0 Å². The van der Waals surface area contributed by atoms with Crippen LogP contribution in [0.4, 0.5) is 11.4 Å². The summed E-state index contributed by atoms with van der Waals surface area (Å²) in [7, 11) is 1.48. The van der Waals surface area contributed by atoms with Gasteiger partial charge in [-0.15, -0.1) is 0 Å². The van der Waals surface area contributed by atoms with Gasteiger partial charge in [-0.1, -0.05) is 18.2 Å². The molecule has 0 radical (unpaired) electrons. The first-order valence-electron chi connectivity index (χ1n) is 7.75. The lowest BCUT2D eigenvalue weighted by Crippen LogP contribution is -2.40. The number of phenols is 1. The van der Waals surface area contributed by atoms with Crippen molar-refractivity contribution in [3.05, 3.63) is 47.5 Å². The standard InChI is InChI=1S/C18H18N2O3/c1-23-17-9-13-14(10-16(17)21)19-7-6-12-8-11-4-2-3-5-15(11)20(12)18(13)22/h2-5,9-10,12,19,21H,6-8H2,1H3. The van der Waals surface area contributed by atoms with Crippen molar-refractivity contribution in [1.29, 1.82) is 0 Å². The molecule has 118 valence electrons. The number of nitrogens with zero attached hydrogens (tertiary/aromatic N) is 1. The molecule has 1 atom stereocenters. The van der Waals surface area contributed by atoms with Crippen molar-refractivity contribution in [2.75, 3.05) is 23.9 Å². The fraction of sp³-hybridized carbons (Fsp3) is 0.278. The Kier molecular flexibility index (Phi) is 3.15. The van der Waals surface area contributed by atoms with E-state index >= 15 is 0 Å². The van der Waals surface area contributed by atoms with Gasteiger partial charge in [0.25, 0.3) is 5.91 Å². The lowest BCUT2D eigenvalue weighted by atomic mass is 10.0. The summed E-state index contributed by atoms with van der Waals surface area (Å²) in [6.45, 7) is 0.751. The van der Waals surface area contributed by atoms with Gasteiger partial charge in [0, 0.05) is 24.3 Å². The van der Waals surface area contributed by atoms with E-state index in [-0.39, 0.29) is 17.7 Å². The molecule has 4 rings (SSSR count). The van der Waals surface area contributed by atoms with Crippen molar-refractivity contribution < 1.29 is 14.6 Å². The number of amides is 1. The van der Waals surface area contributed by atoms with Crippen molar-refractivity contribution in [3.63, 3.8) is 0 Å². The molecule has 2 aliphatic rings. The van der Waals surface area contributed by atoms with E-state index in [4.69, 9.17) is 4.74 Å². The molecule has 0 aromatic heterocycles. The Hall–Kier alpha value is -2.69. The van der Waals surface area contributed by atoms with E-state index in [0.717, 1.165) is 25.1 Å². The maximum absolute atomic E-state index is 13.2. The molecule has 0 bridgehead atoms. The summed E-state index contributed by atoms with van der Waals surface area (Å²) in [5, 5.41) is 13.2. The molecule has 23 heavy (non-hydrogen) atoms. The summed E-state index contributed by atoms with van der Waals surface area (Å²) in [6, 6.07) is 11.4. The van der Waals surface area contributed by atoms with Gasteiger partial charge in [0.05, 0.1) is 18.4 Å². The second-order valence-electron chi connectivity index (χ2n) is 5.95. The number of methoxy groups -OCH3 is 1. The number of fused-ring (bicyclic) bond motifs is 4. The van der Waals surface area contributed by atoms with Gasteiger partial charge in [-0.05, 0) is 30.5 Å². The molecule has 1 unspecified atom stereocenters. The van der Waals surface area contributed by atoms with E-state index in [9.17, 15) is 9.90 Å². The van der Waals surface area contributed by atoms with E-state index in [1.54, 1.807) is 12.1 Å². The molecule has 5 nitrogen and oxygen atoms in total. The fourth-order valence-electron chi connectivity index (χ4n) is 3.52. The minimum absolute atomic E-state index is 0.0329. The molecule has 0 saturated carbocycles. The number of rotatable bonds is 1. The molecule has 2 aliphatic heterocycles. The van der Waals surface area contributed by atoms with E-state index in [2.05, 4.69) is 11.4 Å². The number of nitrogens with one attached hydrogen (secondary N) is 1. The quantitative estimate of drug-likeness (QED) is 0.850. The van der Waals surface area contributed by atoms with Gasteiger partial charge in [-0.2, -0.15) is 0 Å². The van der Waals surface area contributed by atoms with Crippen molar-refractivity contribution in [2.45, 2.75) is 18.9 Å². The monoisotopic (exact) mass is 310 g/mol. The molecule has 0 aliphatic carbocycles. The normalized spacial score (nSPS) is 19.1. The third-order valence-corrected chi connectivity index (χ3v) is 4.63. The number of hydrogen-bond donors (Lipinski definition) is 2. The summed E-state index contributed by atoms with van der Waals surface area (Å²) in [5.41, 5.74) is 3.37. The van der Waals surface area contributed by atoms with Crippen LogP contribution in [0.2, 0.25) is 0 Å². The predicted octanol–water partition coefficient (Wildman–Crippen LogP) is 2.79. The Morgan fingerprint density at radius 3 is 2.96 bits per heavy atom. The maximum Gasteiger partial charge on any atom is 0.260 e. The smallest absolute Gasteiger partial charge is 0.260 e. The molecular formula is C18H18N2O3. The van der Waals surface area contributed by atoms with Crippen molar-refractivity contribution >= 4 is 17.3 Å². The summed E-state index contributed by atoms with van der Waals surface area (Å²) in [5.74, 6) is 0.287. The van der Waals surface area contributed by atoms with Gasteiger partial charge in [-0.25, -0.2) is 0 Å². The molecule has 0 spiro atoms. The highest BCUT2D eigenvalue weighted by atomic mass is 16.5. The molecule has 2 heterocycles. The number of anilines is 2. The van der Waals surface area contributed by atoms with Crippen LogP contribution in [0.3, 0.4) is 0 Å². The van der Waals surface area contributed by atoms with Crippen LogP contribution in [-0.4, -0.2) is 30.7 Å². The Morgan fingerprint density at radius 2 is 2.13 bits per heavy atom. The molecule has 5 heteroatoms. The highest BCUT2D eigenvalue weighted by Crippen LogP contribution is 2.39. The average Bonchev–Trinajstić information content (AvgIpc) is 2.91. The number of aromatic hydroxyl groups is 1. The molecule has 2 aromatic carbocycles. The molecule has 1 amide bonds.